The number of oxazole rings is 1. The summed E-state index contributed by atoms with van der Waals surface area (Å²) in [7, 11) is 3.56. The normalized spacial score (nSPS) is 11.0. The number of rotatable bonds is 6. The van der Waals surface area contributed by atoms with Crippen LogP contribution in [0, 0.1) is 5.82 Å². The van der Waals surface area contributed by atoms with Crippen LogP contribution in [0.25, 0.3) is 22.8 Å². The van der Waals surface area contributed by atoms with E-state index in [-0.39, 0.29) is 5.82 Å². The molecule has 0 N–H and O–H groups in total. The molecule has 0 atom stereocenters. The Hall–Kier alpha value is -3.13. The Morgan fingerprint density at radius 3 is 2.46 bits per heavy atom. The van der Waals surface area contributed by atoms with Gasteiger partial charge >= 0.3 is 0 Å². The van der Waals surface area contributed by atoms with Crippen molar-refractivity contribution >= 4 is 11.8 Å². The van der Waals surface area contributed by atoms with Crippen molar-refractivity contribution in [2.45, 2.75) is 10.9 Å². The van der Waals surface area contributed by atoms with Gasteiger partial charge in [-0.3, -0.25) is 0 Å². The molecular weight excluding hydrogens is 379 g/mol. The van der Waals surface area contributed by atoms with Crippen LogP contribution in [0.4, 0.5) is 4.39 Å². The van der Waals surface area contributed by atoms with Crippen LogP contribution in [-0.4, -0.2) is 26.9 Å². The van der Waals surface area contributed by atoms with Gasteiger partial charge < -0.3 is 13.7 Å². The molecule has 4 aromatic rings. The highest BCUT2D eigenvalue weighted by molar-refractivity contribution is 7.98. The summed E-state index contributed by atoms with van der Waals surface area (Å²) in [6, 6.07) is 13.7. The molecule has 2 aromatic heterocycles. The molecule has 2 heterocycles. The monoisotopic (exact) mass is 396 g/mol. The van der Waals surface area contributed by atoms with Gasteiger partial charge in [0.15, 0.2) is 11.0 Å². The molecule has 0 amide bonds. The highest BCUT2D eigenvalue weighted by atomic mass is 32.2. The van der Waals surface area contributed by atoms with Crippen molar-refractivity contribution in [2.24, 2.45) is 7.05 Å². The number of methoxy groups -OCH3 is 1. The third kappa shape index (κ3) is 3.77. The molecule has 0 fully saturated rings. The Kier molecular flexibility index (Phi) is 5.12. The number of aromatic nitrogens is 4. The molecule has 0 aliphatic rings. The van der Waals surface area contributed by atoms with E-state index in [1.54, 1.807) is 25.5 Å². The van der Waals surface area contributed by atoms with Crippen LogP contribution < -0.4 is 4.74 Å². The molecule has 0 saturated heterocycles. The molecule has 0 spiro atoms. The van der Waals surface area contributed by atoms with Crippen LogP contribution in [0.5, 0.6) is 5.75 Å². The first-order valence-electron chi connectivity index (χ1n) is 8.51. The molecule has 0 aliphatic heterocycles. The predicted octanol–water partition coefficient (Wildman–Crippen LogP) is 4.58. The van der Waals surface area contributed by atoms with Gasteiger partial charge in [-0.2, -0.15) is 0 Å². The minimum Gasteiger partial charge on any atom is -0.497 e. The Labute approximate surface area is 165 Å². The van der Waals surface area contributed by atoms with E-state index in [0.29, 0.717) is 11.6 Å². The van der Waals surface area contributed by atoms with Crippen LogP contribution in [0.1, 0.15) is 5.69 Å². The average Bonchev–Trinajstić information content (AvgIpc) is 3.34. The Morgan fingerprint density at radius 2 is 1.75 bits per heavy atom. The molecule has 4 rings (SSSR count). The standard InChI is InChI=1S/C20H17FN4O2S/c1-25-18(13-5-9-17(26-2)10-6-13)23-24-20(25)28-12-16-11-27-19(22-16)14-3-7-15(21)8-4-14/h3-11H,12H2,1-2H3. The summed E-state index contributed by atoms with van der Waals surface area (Å²) in [5, 5.41) is 9.33. The lowest BCUT2D eigenvalue weighted by Gasteiger charge is -2.04. The first-order valence-corrected chi connectivity index (χ1v) is 9.49. The molecule has 6 nitrogen and oxygen atoms in total. The first-order chi connectivity index (χ1) is 13.6. The van der Waals surface area contributed by atoms with Gasteiger partial charge in [0.05, 0.1) is 12.8 Å². The van der Waals surface area contributed by atoms with Gasteiger partial charge in [0.2, 0.25) is 5.89 Å². The lowest BCUT2D eigenvalue weighted by Crippen LogP contribution is -1.95. The highest BCUT2D eigenvalue weighted by Crippen LogP contribution is 2.27. The Morgan fingerprint density at radius 1 is 1.04 bits per heavy atom. The van der Waals surface area contributed by atoms with E-state index in [1.807, 2.05) is 35.9 Å². The number of halogens is 1. The van der Waals surface area contributed by atoms with E-state index in [9.17, 15) is 4.39 Å². The quantitative estimate of drug-likeness (QED) is 0.445. The molecular formula is C20H17FN4O2S. The smallest absolute Gasteiger partial charge is 0.226 e. The molecule has 2 aromatic carbocycles. The van der Waals surface area contributed by atoms with Gasteiger partial charge in [-0.25, -0.2) is 9.37 Å². The van der Waals surface area contributed by atoms with Gasteiger partial charge in [0.25, 0.3) is 0 Å². The van der Waals surface area contributed by atoms with E-state index in [0.717, 1.165) is 33.6 Å². The van der Waals surface area contributed by atoms with Gasteiger partial charge in [-0.15, -0.1) is 10.2 Å². The lowest BCUT2D eigenvalue weighted by molar-refractivity contribution is 0.415. The topological polar surface area (TPSA) is 66.0 Å². The maximum Gasteiger partial charge on any atom is 0.226 e. The third-order valence-electron chi connectivity index (χ3n) is 4.18. The minimum absolute atomic E-state index is 0.291. The van der Waals surface area contributed by atoms with Crippen LogP contribution in [-0.2, 0) is 12.8 Å². The number of hydrogen-bond donors (Lipinski definition) is 0. The third-order valence-corrected chi connectivity index (χ3v) is 5.23. The van der Waals surface area contributed by atoms with Crippen molar-refractivity contribution in [3.05, 3.63) is 66.3 Å². The van der Waals surface area contributed by atoms with E-state index in [4.69, 9.17) is 9.15 Å². The maximum atomic E-state index is 13.0. The largest absolute Gasteiger partial charge is 0.497 e. The van der Waals surface area contributed by atoms with Crippen LogP contribution in [0.15, 0.2) is 64.4 Å². The highest BCUT2D eigenvalue weighted by Gasteiger charge is 2.13. The molecule has 8 heteroatoms. The Bertz CT molecular complexity index is 1070. The van der Waals surface area contributed by atoms with E-state index < -0.39 is 0 Å². The number of hydrogen-bond acceptors (Lipinski definition) is 6. The summed E-state index contributed by atoms with van der Waals surface area (Å²) < 4.78 is 25.7. The summed E-state index contributed by atoms with van der Waals surface area (Å²) in [5.74, 6) is 2.33. The Balaban J connectivity index is 1.45. The zero-order chi connectivity index (χ0) is 19.5. The summed E-state index contributed by atoms with van der Waals surface area (Å²) in [4.78, 5) is 4.46. The zero-order valence-electron chi connectivity index (χ0n) is 15.3. The van der Waals surface area contributed by atoms with Gasteiger partial charge in [-0.1, -0.05) is 11.8 Å². The SMILES string of the molecule is COc1ccc(-c2nnc(SCc3coc(-c4ccc(F)cc4)n3)n2C)cc1. The van der Waals surface area contributed by atoms with Crippen molar-refractivity contribution in [2.75, 3.05) is 7.11 Å². The number of benzene rings is 2. The number of nitrogens with zero attached hydrogens (tertiary/aromatic N) is 4. The second kappa shape index (κ2) is 7.85. The van der Waals surface area contributed by atoms with Gasteiger partial charge in [0, 0.05) is 23.9 Å². The fraction of sp³-hybridized carbons (Fsp3) is 0.150. The molecule has 0 aliphatic carbocycles. The lowest BCUT2D eigenvalue weighted by atomic mass is 10.2. The zero-order valence-corrected chi connectivity index (χ0v) is 16.1. The van der Waals surface area contributed by atoms with E-state index >= 15 is 0 Å². The average molecular weight is 396 g/mol. The minimum atomic E-state index is -0.291. The molecule has 142 valence electrons. The summed E-state index contributed by atoms with van der Waals surface area (Å²) in [5.41, 5.74) is 2.47. The van der Waals surface area contributed by atoms with Crippen molar-refractivity contribution in [3.8, 4) is 28.6 Å². The van der Waals surface area contributed by atoms with Crippen molar-refractivity contribution in [1.29, 1.82) is 0 Å². The van der Waals surface area contributed by atoms with E-state index in [1.165, 1.54) is 23.9 Å². The van der Waals surface area contributed by atoms with Crippen molar-refractivity contribution in [1.82, 2.24) is 19.7 Å². The summed E-state index contributed by atoms with van der Waals surface area (Å²) >= 11 is 1.52. The molecule has 0 radical (unpaired) electrons. The van der Waals surface area contributed by atoms with Crippen molar-refractivity contribution < 1.29 is 13.5 Å². The molecule has 0 saturated carbocycles. The molecule has 0 bridgehead atoms. The molecule has 28 heavy (non-hydrogen) atoms. The van der Waals surface area contributed by atoms with Gasteiger partial charge in [0.1, 0.15) is 17.8 Å². The summed E-state index contributed by atoms with van der Waals surface area (Å²) in [6.45, 7) is 0. The van der Waals surface area contributed by atoms with E-state index in [2.05, 4.69) is 15.2 Å². The van der Waals surface area contributed by atoms with Crippen LogP contribution in [0.3, 0.4) is 0 Å². The number of thioether (sulfide) groups is 1. The predicted molar refractivity (Wildman–Crippen MR) is 104 cm³/mol. The van der Waals surface area contributed by atoms with Crippen molar-refractivity contribution in [3.63, 3.8) is 0 Å². The second-order valence-corrected chi connectivity index (χ2v) is 6.98. The fourth-order valence-electron chi connectivity index (χ4n) is 2.67. The second-order valence-electron chi connectivity index (χ2n) is 6.03. The van der Waals surface area contributed by atoms with Gasteiger partial charge in [-0.05, 0) is 48.5 Å². The molecule has 0 unspecified atom stereocenters. The summed E-state index contributed by atoms with van der Waals surface area (Å²) in [6.07, 6.45) is 1.60. The first kappa shape index (κ1) is 18.2. The van der Waals surface area contributed by atoms with Crippen LogP contribution >= 0.6 is 11.8 Å². The maximum absolute atomic E-state index is 13.0. The number of ether oxygens (including phenoxy) is 1. The fourth-order valence-corrected chi connectivity index (χ4v) is 3.46. The van der Waals surface area contributed by atoms with Crippen LogP contribution in [0.2, 0.25) is 0 Å².